The number of nitrogens with one attached hydrogen (secondary N) is 3. The number of guanidine groups is 1. The van der Waals surface area contributed by atoms with Gasteiger partial charge in [0.1, 0.15) is 5.60 Å². The molecule has 1 aliphatic rings. The van der Waals surface area contributed by atoms with E-state index in [4.69, 9.17) is 4.74 Å². The number of carbonyl (C=O) groups is 1. The first-order valence-electron chi connectivity index (χ1n) is 8.68. The molecule has 0 saturated carbocycles. The van der Waals surface area contributed by atoms with Crippen molar-refractivity contribution in [3.63, 3.8) is 0 Å². The smallest absolute Gasteiger partial charge is 0.408 e. The van der Waals surface area contributed by atoms with Crippen molar-refractivity contribution >= 4 is 36.0 Å². The van der Waals surface area contributed by atoms with Gasteiger partial charge in [-0.15, -0.1) is 24.0 Å². The highest BCUT2D eigenvalue weighted by Gasteiger charge is 2.25. The van der Waals surface area contributed by atoms with Crippen LogP contribution in [-0.2, 0) is 4.74 Å². The molecule has 7 nitrogen and oxygen atoms in total. The number of hydrogen-bond donors (Lipinski definition) is 3. The van der Waals surface area contributed by atoms with E-state index >= 15 is 0 Å². The van der Waals surface area contributed by atoms with E-state index in [0.29, 0.717) is 12.6 Å². The molecule has 0 spiro atoms. The summed E-state index contributed by atoms with van der Waals surface area (Å²) in [7, 11) is 3.91. The number of ether oxygens (including phenoxy) is 1. The second kappa shape index (κ2) is 10.4. The van der Waals surface area contributed by atoms with Crippen LogP contribution >= 0.6 is 24.0 Å². The Bertz CT molecular complexity index is 449. The molecule has 8 heteroatoms. The first kappa shape index (κ1) is 24.2. The van der Waals surface area contributed by atoms with Gasteiger partial charge in [-0.3, -0.25) is 4.99 Å². The molecule has 1 saturated heterocycles. The number of likely N-dealkylation sites (N-methyl/N-ethyl adjacent to an activating group) is 1. The maximum atomic E-state index is 11.9. The average Bonchev–Trinajstić information content (AvgIpc) is 2.81. The number of amides is 1. The summed E-state index contributed by atoms with van der Waals surface area (Å²) in [6.45, 7) is 12.0. The van der Waals surface area contributed by atoms with Crippen molar-refractivity contribution in [2.24, 2.45) is 4.99 Å². The van der Waals surface area contributed by atoms with Crippen LogP contribution in [0.4, 0.5) is 4.79 Å². The maximum absolute atomic E-state index is 11.9. The normalized spacial score (nSPS) is 19.2. The van der Waals surface area contributed by atoms with Crippen LogP contribution in [0, 0.1) is 0 Å². The van der Waals surface area contributed by atoms with E-state index in [0.717, 1.165) is 19.0 Å². The van der Waals surface area contributed by atoms with Crippen LogP contribution in [0.15, 0.2) is 4.99 Å². The van der Waals surface area contributed by atoms with Gasteiger partial charge in [-0.1, -0.05) is 0 Å². The molecule has 0 aromatic rings. The molecule has 0 aromatic heterocycles. The van der Waals surface area contributed by atoms with Crippen molar-refractivity contribution in [1.29, 1.82) is 0 Å². The first-order valence-corrected chi connectivity index (χ1v) is 8.68. The van der Waals surface area contributed by atoms with Crippen LogP contribution in [-0.4, -0.2) is 67.9 Å². The summed E-state index contributed by atoms with van der Waals surface area (Å²) >= 11 is 0. The molecule has 1 unspecified atom stereocenters. The molecule has 1 atom stereocenters. The van der Waals surface area contributed by atoms with E-state index in [9.17, 15) is 4.79 Å². The fraction of sp³-hybridized carbons (Fsp3) is 0.882. The molecular formula is C17H36IN5O2. The Balaban J connectivity index is 0.00000576. The average molecular weight is 469 g/mol. The van der Waals surface area contributed by atoms with Gasteiger partial charge in [0.05, 0.1) is 5.54 Å². The molecule has 0 radical (unpaired) electrons. The van der Waals surface area contributed by atoms with Crippen LogP contribution < -0.4 is 16.0 Å². The maximum Gasteiger partial charge on any atom is 0.408 e. The first-order chi connectivity index (χ1) is 11.0. The Hall–Kier alpha value is -0.770. The zero-order valence-corrected chi connectivity index (χ0v) is 19.1. The third-order valence-corrected chi connectivity index (χ3v) is 3.94. The number of alkyl carbamates (subject to hydrolysis) is 1. The molecule has 0 aromatic carbocycles. The lowest BCUT2D eigenvalue weighted by Crippen LogP contribution is -2.54. The Morgan fingerprint density at radius 3 is 2.36 bits per heavy atom. The van der Waals surface area contributed by atoms with Gasteiger partial charge in [-0.25, -0.2) is 4.79 Å². The predicted molar refractivity (Wildman–Crippen MR) is 114 cm³/mol. The van der Waals surface area contributed by atoms with Crippen molar-refractivity contribution < 1.29 is 9.53 Å². The molecular weight excluding hydrogens is 433 g/mol. The molecule has 1 heterocycles. The Labute approximate surface area is 169 Å². The molecule has 25 heavy (non-hydrogen) atoms. The Morgan fingerprint density at radius 1 is 1.24 bits per heavy atom. The highest BCUT2D eigenvalue weighted by molar-refractivity contribution is 14.0. The second-order valence-electron chi connectivity index (χ2n) is 8.09. The summed E-state index contributed by atoms with van der Waals surface area (Å²) in [5.41, 5.74) is -0.956. The van der Waals surface area contributed by atoms with E-state index in [1.807, 2.05) is 34.6 Å². The summed E-state index contributed by atoms with van der Waals surface area (Å²) in [6, 6.07) is 0.552. The van der Waals surface area contributed by atoms with Gasteiger partial charge in [0, 0.05) is 26.2 Å². The van der Waals surface area contributed by atoms with Crippen molar-refractivity contribution in [2.75, 3.05) is 33.7 Å². The zero-order valence-electron chi connectivity index (χ0n) is 16.7. The van der Waals surface area contributed by atoms with Crippen LogP contribution in [0.25, 0.3) is 0 Å². The molecule has 0 bridgehead atoms. The van der Waals surface area contributed by atoms with Gasteiger partial charge in [0.25, 0.3) is 0 Å². The van der Waals surface area contributed by atoms with Gasteiger partial charge in [0.2, 0.25) is 0 Å². The van der Waals surface area contributed by atoms with Crippen molar-refractivity contribution in [3.8, 4) is 0 Å². The fourth-order valence-electron chi connectivity index (χ4n) is 2.60. The van der Waals surface area contributed by atoms with Crippen LogP contribution in [0.5, 0.6) is 0 Å². The summed E-state index contributed by atoms with van der Waals surface area (Å²) in [6.07, 6.45) is 2.05. The van der Waals surface area contributed by atoms with Gasteiger partial charge < -0.3 is 25.6 Å². The summed E-state index contributed by atoms with van der Waals surface area (Å²) < 4.78 is 5.30. The number of carbonyl (C=O) groups excluding carboxylic acids is 1. The number of likely N-dealkylation sites (tertiary alicyclic amines) is 1. The molecule has 1 rings (SSSR count). The van der Waals surface area contributed by atoms with Crippen LogP contribution in [0.1, 0.15) is 47.5 Å². The van der Waals surface area contributed by atoms with E-state index in [2.05, 4.69) is 32.9 Å². The lowest BCUT2D eigenvalue weighted by Gasteiger charge is -2.29. The third-order valence-electron chi connectivity index (χ3n) is 3.94. The molecule has 1 amide bonds. The van der Waals surface area contributed by atoms with Crippen molar-refractivity contribution in [1.82, 2.24) is 20.9 Å². The quantitative estimate of drug-likeness (QED) is 0.327. The lowest BCUT2D eigenvalue weighted by molar-refractivity contribution is 0.0474. The summed E-state index contributed by atoms with van der Waals surface area (Å²) in [5.74, 6) is 0.745. The minimum atomic E-state index is -0.501. The molecule has 1 fully saturated rings. The number of rotatable bonds is 5. The highest BCUT2D eigenvalue weighted by Crippen LogP contribution is 2.13. The monoisotopic (exact) mass is 469 g/mol. The molecule has 3 N–H and O–H groups in total. The predicted octanol–water partition coefficient (Wildman–Crippen LogP) is 2.17. The Kier molecular flexibility index (Phi) is 10.1. The highest BCUT2D eigenvalue weighted by atomic mass is 127. The van der Waals surface area contributed by atoms with Crippen LogP contribution in [0.3, 0.4) is 0 Å². The molecule has 0 aliphatic carbocycles. The lowest BCUT2D eigenvalue weighted by atomic mass is 10.1. The Morgan fingerprint density at radius 2 is 1.88 bits per heavy atom. The molecule has 1 aliphatic heterocycles. The number of hydrogen-bond acceptors (Lipinski definition) is 4. The van der Waals surface area contributed by atoms with E-state index < -0.39 is 17.2 Å². The summed E-state index contributed by atoms with van der Waals surface area (Å²) in [4.78, 5) is 18.5. The van der Waals surface area contributed by atoms with E-state index in [1.165, 1.54) is 12.8 Å². The number of halogens is 1. The standard InChI is InChI=1S/C17H35N5O2.HI/c1-16(2,3)24-15(23)21-17(4,5)12-20-14(18-6)19-11-13-9-8-10-22(13)7;/h13H,8-12H2,1-7H3,(H,21,23)(H2,18,19,20);1H. The fourth-order valence-corrected chi connectivity index (χ4v) is 2.60. The summed E-state index contributed by atoms with van der Waals surface area (Å²) in [5, 5.41) is 9.51. The largest absolute Gasteiger partial charge is 0.444 e. The minimum absolute atomic E-state index is 0. The van der Waals surface area contributed by atoms with Crippen molar-refractivity contribution in [2.45, 2.75) is 64.6 Å². The molecule has 148 valence electrons. The number of aliphatic imine (C=N–C) groups is 1. The van der Waals surface area contributed by atoms with E-state index in [-0.39, 0.29) is 24.0 Å². The van der Waals surface area contributed by atoms with Crippen molar-refractivity contribution in [3.05, 3.63) is 0 Å². The zero-order chi connectivity index (χ0) is 18.4. The van der Waals surface area contributed by atoms with Gasteiger partial charge in [0.15, 0.2) is 5.96 Å². The van der Waals surface area contributed by atoms with Gasteiger partial charge >= 0.3 is 6.09 Å². The number of nitrogens with zero attached hydrogens (tertiary/aromatic N) is 2. The van der Waals surface area contributed by atoms with E-state index in [1.54, 1.807) is 7.05 Å². The van der Waals surface area contributed by atoms with Crippen LogP contribution in [0.2, 0.25) is 0 Å². The second-order valence-corrected chi connectivity index (χ2v) is 8.09. The van der Waals surface area contributed by atoms with Gasteiger partial charge in [-0.05, 0) is 61.1 Å². The van der Waals surface area contributed by atoms with Gasteiger partial charge in [-0.2, -0.15) is 0 Å². The SMILES string of the molecule is CN=C(NCC1CCCN1C)NCC(C)(C)NC(=O)OC(C)(C)C.I. The third kappa shape index (κ3) is 10.1. The topological polar surface area (TPSA) is 78.0 Å². The minimum Gasteiger partial charge on any atom is -0.444 e.